The molecule has 1 heterocycles. The van der Waals surface area contributed by atoms with E-state index in [1.807, 2.05) is 0 Å². The van der Waals surface area contributed by atoms with Crippen LogP contribution in [0.1, 0.15) is 18.1 Å². The minimum atomic E-state index is -4.88. The summed E-state index contributed by atoms with van der Waals surface area (Å²) >= 11 is 0. The van der Waals surface area contributed by atoms with E-state index in [0.29, 0.717) is 6.07 Å². The summed E-state index contributed by atoms with van der Waals surface area (Å²) in [5.74, 6) is -2.53. The van der Waals surface area contributed by atoms with Crippen LogP contribution in [-0.2, 0) is 21.0 Å². The summed E-state index contributed by atoms with van der Waals surface area (Å²) in [6.45, 7) is 1.16. The van der Waals surface area contributed by atoms with Gasteiger partial charge in [0.05, 0.1) is 28.0 Å². The molecule has 1 saturated heterocycles. The molecule has 10 heteroatoms. The Morgan fingerprint density at radius 3 is 2.46 bits per heavy atom. The predicted octanol–water partition coefficient (Wildman–Crippen LogP) is 1.92. The van der Waals surface area contributed by atoms with Crippen molar-refractivity contribution < 1.29 is 31.5 Å². The van der Waals surface area contributed by atoms with E-state index < -0.39 is 50.0 Å². The molecule has 1 aliphatic heterocycles. The first-order valence-electron chi connectivity index (χ1n) is 6.82. The summed E-state index contributed by atoms with van der Waals surface area (Å²) in [6.07, 6.45) is -4.88. The lowest BCUT2D eigenvalue weighted by Gasteiger charge is -2.17. The average Bonchev–Trinajstić information content (AvgIpc) is 2.88. The Bertz CT molecular complexity index is 814. The Balaban J connectivity index is 2.45. The fourth-order valence-corrected chi connectivity index (χ4v) is 4.20. The number of sulfonamides is 1. The SMILES string of the molecule is C[C@@H]1CN(S(=O)(=O)c2ccc(C#N)c(C(F)(F)F)c2)C[C@H]1C(=O)O. The zero-order chi connectivity index (χ0) is 18.3. The van der Waals surface area contributed by atoms with Gasteiger partial charge in [-0.25, -0.2) is 8.42 Å². The van der Waals surface area contributed by atoms with E-state index in [9.17, 15) is 26.4 Å². The summed E-state index contributed by atoms with van der Waals surface area (Å²) in [6, 6.07) is 3.50. The second-order valence-corrected chi connectivity index (χ2v) is 7.50. The molecule has 2 atom stereocenters. The molecule has 0 amide bonds. The summed E-state index contributed by atoms with van der Waals surface area (Å²) in [5, 5.41) is 17.8. The van der Waals surface area contributed by atoms with Crippen LogP contribution in [0.15, 0.2) is 23.1 Å². The quantitative estimate of drug-likeness (QED) is 0.886. The molecule has 0 aliphatic carbocycles. The number of benzene rings is 1. The second kappa shape index (κ2) is 6.07. The van der Waals surface area contributed by atoms with E-state index in [4.69, 9.17) is 10.4 Å². The molecule has 0 bridgehead atoms. The topological polar surface area (TPSA) is 98.5 Å². The van der Waals surface area contributed by atoms with Crippen LogP contribution in [0.5, 0.6) is 0 Å². The number of halogens is 3. The van der Waals surface area contributed by atoms with Crippen molar-refractivity contribution in [3.8, 4) is 6.07 Å². The van der Waals surface area contributed by atoms with Gasteiger partial charge >= 0.3 is 12.1 Å². The Morgan fingerprint density at radius 2 is 2.00 bits per heavy atom. The molecule has 1 aromatic rings. The van der Waals surface area contributed by atoms with Crippen molar-refractivity contribution in [3.05, 3.63) is 29.3 Å². The number of carbonyl (C=O) groups is 1. The monoisotopic (exact) mass is 362 g/mol. The lowest BCUT2D eigenvalue weighted by molar-refractivity contribution is -0.142. The highest BCUT2D eigenvalue weighted by Gasteiger charge is 2.42. The third-order valence-electron chi connectivity index (χ3n) is 3.95. The van der Waals surface area contributed by atoms with Gasteiger partial charge in [0.1, 0.15) is 0 Å². The maximum Gasteiger partial charge on any atom is 0.417 e. The van der Waals surface area contributed by atoms with E-state index in [1.54, 1.807) is 6.92 Å². The number of rotatable bonds is 3. The van der Waals surface area contributed by atoms with Crippen LogP contribution >= 0.6 is 0 Å². The zero-order valence-electron chi connectivity index (χ0n) is 12.4. The van der Waals surface area contributed by atoms with Gasteiger partial charge in [0.2, 0.25) is 10.0 Å². The molecule has 2 rings (SSSR count). The molecule has 1 N–H and O–H groups in total. The number of nitriles is 1. The number of alkyl halides is 3. The highest BCUT2D eigenvalue weighted by Crippen LogP contribution is 2.35. The van der Waals surface area contributed by atoms with E-state index in [1.165, 1.54) is 6.07 Å². The normalized spacial score (nSPS) is 22.3. The minimum absolute atomic E-state index is 0.0966. The molecule has 130 valence electrons. The summed E-state index contributed by atoms with van der Waals surface area (Å²) in [4.78, 5) is 10.5. The highest BCUT2D eigenvalue weighted by molar-refractivity contribution is 7.89. The summed E-state index contributed by atoms with van der Waals surface area (Å²) < 4.78 is 64.8. The number of hydrogen-bond acceptors (Lipinski definition) is 4. The molecule has 1 aromatic carbocycles. The molecule has 0 saturated carbocycles. The van der Waals surface area contributed by atoms with Crippen molar-refractivity contribution in [3.63, 3.8) is 0 Å². The van der Waals surface area contributed by atoms with Crippen LogP contribution < -0.4 is 0 Å². The van der Waals surface area contributed by atoms with E-state index in [0.717, 1.165) is 16.4 Å². The smallest absolute Gasteiger partial charge is 0.417 e. The van der Waals surface area contributed by atoms with Crippen molar-refractivity contribution in [2.75, 3.05) is 13.1 Å². The zero-order valence-corrected chi connectivity index (χ0v) is 13.2. The molecule has 0 radical (unpaired) electrons. The van der Waals surface area contributed by atoms with Crippen LogP contribution in [0.25, 0.3) is 0 Å². The molecule has 6 nitrogen and oxygen atoms in total. The van der Waals surface area contributed by atoms with E-state index in [2.05, 4.69) is 0 Å². The van der Waals surface area contributed by atoms with Gasteiger partial charge in [0, 0.05) is 13.1 Å². The van der Waals surface area contributed by atoms with Crippen molar-refractivity contribution in [1.82, 2.24) is 4.31 Å². The maximum atomic E-state index is 13.0. The average molecular weight is 362 g/mol. The first-order valence-corrected chi connectivity index (χ1v) is 8.26. The largest absolute Gasteiger partial charge is 0.481 e. The van der Waals surface area contributed by atoms with Crippen molar-refractivity contribution in [2.24, 2.45) is 11.8 Å². The predicted molar refractivity (Wildman–Crippen MR) is 75.2 cm³/mol. The number of aliphatic carboxylic acids is 1. The molecule has 0 spiro atoms. The first kappa shape index (κ1) is 18.2. The van der Waals surface area contributed by atoms with Gasteiger partial charge in [0.25, 0.3) is 0 Å². The third kappa shape index (κ3) is 3.22. The number of carboxylic acids is 1. The Morgan fingerprint density at radius 1 is 1.38 bits per heavy atom. The fraction of sp³-hybridized carbons (Fsp3) is 0.429. The second-order valence-electron chi connectivity index (χ2n) is 5.56. The van der Waals surface area contributed by atoms with Crippen LogP contribution in [-0.4, -0.2) is 36.9 Å². The maximum absolute atomic E-state index is 13.0. The Hall–Kier alpha value is -2.12. The van der Waals surface area contributed by atoms with Gasteiger partial charge in [-0.2, -0.15) is 22.7 Å². The van der Waals surface area contributed by atoms with Crippen LogP contribution in [0.4, 0.5) is 13.2 Å². The number of carboxylic acid groups (broad SMARTS) is 1. The fourth-order valence-electron chi connectivity index (χ4n) is 2.60. The lowest BCUT2D eigenvalue weighted by Crippen LogP contribution is -2.30. The first-order chi connectivity index (χ1) is 11.0. The molecular weight excluding hydrogens is 349 g/mol. The van der Waals surface area contributed by atoms with Gasteiger partial charge in [-0.15, -0.1) is 0 Å². The molecule has 0 unspecified atom stereocenters. The summed E-state index contributed by atoms with van der Waals surface area (Å²) in [5.41, 5.74) is -2.02. The van der Waals surface area contributed by atoms with E-state index in [-0.39, 0.29) is 13.1 Å². The van der Waals surface area contributed by atoms with Crippen molar-refractivity contribution in [1.29, 1.82) is 5.26 Å². The molecule has 1 aliphatic rings. The molecule has 0 aromatic heterocycles. The standard InChI is InChI=1S/C14H13F3N2O4S/c1-8-6-19(7-11(8)13(20)21)24(22,23)10-3-2-9(5-18)12(4-10)14(15,16)17/h2-4,8,11H,6-7H2,1H3,(H,20,21)/t8-,11-/m1/s1. The van der Waals surface area contributed by atoms with Crippen molar-refractivity contribution in [2.45, 2.75) is 18.0 Å². The van der Waals surface area contributed by atoms with Crippen LogP contribution in [0.3, 0.4) is 0 Å². The van der Waals surface area contributed by atoms with Gasteiger partial charge in [-0.05, 0) is 24.1 Å². The molecule has 24 heavy (non-hydrogen) atoms. The van der Waals surface area contributed by atoms with Gasteiger partial charge in [0.15, 0.2) is 0 Å². The minimum Gasteiger partial charge on any atom is -0.481 e. The van der Waals surface area contributed by atoms with E-state index >= 15 is 0 Å². The van der Waals surface area contributed by atoms with Crippen molar-refractivity contribution >= 4 is 16.0 Å². The highest BCUT2D eigenvalue weighted by atomic mass is 32.2. The Labute approximate surface area is 136 Å². The van der Waals surface area contributed by atoms with Gasteiger partial charge in [-0.1, -0.05) is 6.92 Å². The van der Waals surface area contributed by atoms with Gasteiger partial charge < -0.3 is 5.11 Å². The molecule has 1 fully saturated rings. The van der Waals surface area contributed by atoms with Crippen LogP contribution in [0, 0.1) is 23.2 Å². The summed E-state index contributed by atoms with van der Waals surface area (Å²) in [7, 11) is -4.29. The van der Waals surface area contributed by atoms with Crippen LogP contribution in [0.2, 0.25) is 0 Å². The number of nitrogens with zero attached hydrogens (tertiary/aromatic N) is 2. The number of hydrogen-bond donors (Lipinski definition) is 1. The lowest BCUT2D eigenvalue weighted by atomic mass is 9.99. The van der Waals surface area contributed by atoms with Gasteiger partial charge in [-0.3, -0.25) is 4.79 Å². The molecular formula is C14H13F3N2O4S. The third-order valence-corrected chi connectivity index (χ3v) is 5.78. The Kier molecular flexibility index (Phi) is 4.61.